The number of methoxy groups -OCH3 is 1. The van der Waals surface area contributed by atoms with E-state index in [0.29, 0.717) is 18.2 Å². The van der Waals surface area contributed by atoms with E-state index in [9.17, 15) is 5.11 Å². The van der Waals surface area contributed by atoms with Gasteiger partial charge < -0.3 is 9.84 Å². The van der Waals surface area contributed by atoms with Crippen molar-refractivity contribution in [3.05, 3.63) is 16.4 Å². The molecule has 1 N–H and O–H groups in total. The predicted molar refractivity (Wildman–Crippen MR) is 54.5 cm³/mol. The Bertz CT molecular complexity index is 312. The van der Waals surface area contributed by atoms with Gasteiger partial charge in [-0.05, 0) is 6.92 Å². The monoisotopic (exact) mass is 218 g/mol. The third kappa shape index (κ3) is 2.47. The molecule has 0 amide bonds. The molecule has 0 saturated carbocycles. The van der Waals surface area contributed by atoms with Crippen LogP contribution in [0.15, 0.2) is 0 Å². The lowest BCUT2D eigenvalue weighted by atomic mass is 10.1. The summed E-state index contributed by atoms with van der Waals surface area (Å²) in [5, 5.41) is 14.3. The van der Waals surface area contributed by atoms with Crippen LogP contribution in [-0.4, -0.2) is 34.7 Å². The number of ether oxygens (including phenoxy) is 1. The van der Waals surface area contributed by atoms with Crippen LogP contribution in [0.5, 0.6) is 0 Å². The van der Waals surface area contributed by atoms with Crippen molar-refractivity contribution < 1.29 is 9.84 Å². The molecule has 1 unspecified atom stereocenters. The predicted octanol–water partition coefficient (Wildman–Crippen LogP) is 0.932. The number of hydrogen-bond donors (Lipinski definition) is 1. The van der Waals surface area contributed by atoms with Gasteiger partial charge in [0.2, 0.25) is 0 Å². The Morgan fingerprint density at radius 3 is 2.71 bits per heavy atom. The van der Waals surface area contributed by atoms with Gasteiger partial charge in [-0.15, -0.1) is 0 Å². The first-order chi connectivity index (χ1) is 6.56. The average molecular weight is 219 g/mol. The number of nitrogens with zero attached hydrogens (tertiary/aromatic N) is 2. The molecule has 0 fully saturated rings. The van der Waals surface area contributed by atoms with Crippen LogP contribution in [0.1, 0.15) is 11.3 Å². The fourth-order valence-electron chi connectivity index (χ4n) is 1.39. The van der Waals surface area contributed by atoms with Crippen LogP contribution in [0.25, 0.3) is 0 Å². The first-order valence-corrected chi connectivity index (χ1v) is 4.79. The number of aliphatic hydroxyl groups is 1. The normalized spacial score (nSPS) is 13.2. The Morgan fingerprint density at radius 1 is 1.64 bits per heavy atom. The Morgan fingerprint density at radius 2 is 2.29 bits per heavy atom. The molecule has 0 saturated heterocycles. The van der Waals surface area contributed by atoms with Gasteiger partial charge in [0, 0.05) is 26.1 Å². The summed E-state index contributed by atoms with van der Waals surface area (Å²) in [4.78, 5) is 0. The number of aromatic nitrogens is 2. The summed E-state index contributed by atoms with van der Waals surface area (Å²) in [5.41, 5.74) is 1.74. The van der Waals surface area contributed by atoms with Gasteiger partial charge in [-0.3, -0.25) is 4.68 Å². The lowest BCUT2D eigenvalue weighted by Crippen LogP contribution is -2.17. The van der Waals surface area contributed by atoms with E-state index in [1.165, 1.54) is 0 Å². The average Bonchev–Trinajstić information content (AvgIpc) is 2.33. The van der Waals surface area contributed by atoms with Crippen molar-refractivity contribution in [2.75, 3.05) is 13.7 Å². The van der Waals surface area contributed by atoms with E-state index in [1.54, 1.807) is 18.8 Å². The number of aliphatic hydroxyl groups excluding tert-OH is 1. The largest absolute Gasteiger partial charge is 0.390 e. The third-order valence-corrected chi connectivity index (χ3v) is 2.54. The topological polar surface area (TPSA) is 47.3 Å². The highest BCUT2D eigenvalue weighted by molar-refractivity contribution is 6.30. The van der Waals surface area contributed by atoms with Crippen molar-refractivity contribution in [2.45, 2.75) is 19.4 Å². The number of aryl methyl sites for hydroxylation is 2. The molecule has 0 spiro atoms. The van der Waals surface area contributed by atoms with Crippen LogP contribution < -0.4 is 0 Å². The molecule has 1 aromatic heterocycles. The van der Waals surface area contributed by atoms with Gasteiger partial charge in [-0.1, -0.05) is 11.6 Å². The minimum absolute atomic E-state index is 0.310. The Balaban J connectivity index is 2.75. The minimum Gasteiger partial charge on any atom is -0.390 e. The summed E-state index contributed by atoms with van der Waals surface area (Å²) >= 11 is 6.01. The van der Waals surface area contributed by atoms with Crippen molar-refractivity contribution >= 4 is 11.6 Å². The number of hydrogen-bond acceptors (Lipinski definition) is 3. The minimum atomic E-state index is -0.527. The number of halogens is 1. The molecule has 0 aliphatic heterocycles. The van der Waals surface area contributed by atoms with Crippen LogP contribution in [0.2, 0.25) is 5.15 Å². The second-order valence-corrected chi connectivity index (χ2v) is 3.65. The third-order valence-electron chi connectivity index (χ3n) is 2.07. The maximum atomic E-state index is 9.54. The Hall–Kier alpha value is -0.580. The molecule has 1 heterocycles. The van der Waals surface area contributed by atoms with Crippen molar-refractivity contribution in [2.24, 2.45) is 7.05 Å². The van der Waals surface area contributed by atoms with Gasteiger partial charge in [0.05, 0.1) is 18.4 Å². The molecule has 5 heteroatoms. The zero-order valence-corrected chi connectivity index (χ0v) is 9.38. The van der Waals surface area contributed by atoms with E-state index in [0.717, 1.165) is 11.3 Å². The van der Waals surface area contributed by atoms with Gasteiger partial charge in [0.15, 0.2) is 0 Å². The molecule has 14 heavy (non-hydrogen) atoms. The van der Waals surface area contributed by atoms with E-state index >= 15 is 0 Å². The van der Waals surface area contributed by atoms with Crippen molar-refractivity contribution in [3.63, 3.8) is 0 Å². The molecule has 0 aromatic carbocycles. The second kappa shape index (κ2) is 4.77. The van der Waals surface area contributed by atoms with Crippen LogP contribution in [-0.2, 0) is 18.2 Å². The zero-order chi connectivity index (χ0) is 10.7. The van der Waals surface area contributed by atoms with Crippen LogP contribution in [0.4, 0.5) is 0 Å². The Labute approximate surface area is 88.4 Å². The maximum absolute atomic E-state index is 9.54. The number of rotatable bonds is 4. The molecular formula is C9H15ClN2O2. The summed E-state index contributed by atoms with van der Waals surface area (Å²) in [6.45, 7) is 2.19. The van der Waals surface area contributed by atoms with Crippen LogP contribution >= 0.6 is 11.6 Å². The molecule has 0 aliphatic carbocycles. The molecule has 80 valence electrons. The molecule has 0 aliphatic rings. The smallest absolute Gasteiger partial charge is 0.130 e. The molecule has 0 radical (unpaired) electrons. The van der Waals surface area contributed by atoms with Gasteiger partial charge in [-0.25, -0.2) is 0 Å². The molecule has 1 aromatic rings. The summed E-state index contributed by atoms with van der Waals surface area (Å²) < 4.78 is 6.44. The quantitative estimate of drug-likeness (QED) is 0.818. The fraction of sp³-hybridized carbons (Fsp3) is 0.667. The lowest BCUT2D eigenvalue weighted by molar-refractivity contribution is 0.0649. The van der Waals surface area contributed by atoms with Crippen molar-refractivity contribution in [1.82, 2.24) is 9.78 Å². The van der Waals surface area contributed by atoms with E-state index in [4.69, 9.17) is 16.3 Å². The molecule has 1 rings (SSSR count). The first kappa shape index (κ1) is 11.5. The first-order valence-electron chi connectivity index (χ1n) is 4.41. The van der Waals surface area contributed by atoms with Crippen LogP contribution in [0.3, 0.4) is 0 Å². The van der Waals surface area contributed by atoms with Gasteiger partial charge in [-0.2, -0.15) is 5.10 Å². The summed E-state index contributed by atoms with van der Waals surface area (Å²) in [7, 11) is 3.34. The second-order valence-electron chi connectivity index (χ2n) is 3.29. The standard InChI is InChI=1S/C9H15ClN2O2/c1-6-8(4-7(13)5-14-3)9(10)12(2)11-6/h7,13H,4-5H2,1-3H3. The SMILES string of the molecule is COCC(O)Cc1c(C)nn(C)c1Cl. The van der Waals surface area contributed by atoms with Gasteiger partial charge in [0.25, 0.3) is 0 Å². The van der Waals surface area contributed by atoms with Crippen molar-refractivity contribution in [3.8, 4) is 0 Å². The highest BCUT2D eigenvalue weighted by Crippen LogP contribution is 2.20. The van der Waals surface area contributed by atoms with E-state index in [1.807, 2.05) is 6.92 Å². The fourth-order valence-corrected chi connectivity index (χ4v) is 1.64. The van der Waals surface area contributed by atoms with Gasteiger partial charge in [0.1, 0.15) is 5.15 Å². The van der Waals surface area contributed by atoms with E-state index in [2.05, 4.69) is 5.10 Å². The van der Waals surface area contributed by atoms with E-state index < -0.39 is 6.10 Å². The summed E-state index contributed by atoms with van der Waals surface area (Å²) in [5.74, 6) is 0. The van der Waals surface area contributed by atoms with Crippen LogP contribution in [0, 0.1) is 6.92 Å². The van der Waals surface area contributed by atoms with Crippen molar-refractivity contribution in [1.29, 1.82) is 0 Å². The molecule has 0 bridgehead atoms. The van der Waals surface area contributed by atoms with E-state index in [-0.39, 0.29) is 0 Å². The summed E-state index contributed by atoms with van der Waals surface area (Å²) in [6.07, 6.45) is -0.0489. The maximum Gasteiger partial charge on any atom is 0.130 e. The molecule has 1 atom stereocenters. The highest BCUT2D eigenvalue weighted by atomic mass is 35.5. The van der Waals surface area contributed by atoms with Gasteiger partial charge >= 0.3 is 0 Å². The lowest BCUT2D eigenvalue weighted by Gasteiger charge is -2.08. The molecular weight excluding hydrogens is 204 g/mol. The Kier molecular flexibility index (Phi) is 3.92. The zero-order valence-electron chi connectivity index (χ0n) is 8.62. The molecule has 4 nitrogen and oxygen atoms in total. The summed E-state index contributed by atoms with van der Waals surface area (Å²) in [6, 6.07) is 0. The highest BCUT2D eigenvalue weighted by Gasteiger charge is 2.15.